The predicted octanol–water partition coefficient (Wildman–Crippen LogP) is 0.931. The number of hydrogen-bond donors (Lipinski definition) is 2. The number of nitrogens with zero attached hydrogens (tertiary/aromatic N) is 2. The first-order valence-corrected chi connectivity index (χ1v) is 6.91. The van der Waals surface area contributed by atoms with Gasteiger partial charge in [0.25, 0.3) is 0 Å². The summed E-state index contributed by atoms with van der Waals surface area (Å²) >= 11 is 0. The van der Waals surface area contributed by atoms with Crippen LogP contribution in [-0.2, 0) is 16.1 Å². The second-order valence-electron chi connectivity index (χ2n) is 4.92. The summed E-state index contributed by atoms with van der Waals surface area (Å²) in [5.74, 6) is 0.351. The van der Waals surface area contributed by atoms with Crippen molar-refractivity contribution >= 4 is 11.7 Å². The molecule has 0 saturated heterocycles. The highest BCUT2D eigenvalue weighted by atomic mass is 16.5. The van der Waals surface area contributed by atoms with Gasteiger partial charge in [0.1, 0.15) is 12.4 Å². The lowest BCUT2D eigenvalue weighted by atomic mass is 9.98. The maximum atomic E-state index is 11.6. The van der Waals surface area contributed by atoms with Crippen LogP contribution in [0.5, 0.6) is 0 Å². The lowest BCUT2D eigenvalue weighted by Gasteiger charge is -2.21. The van der Waals surface area contributed by atoms with Crippen LogP contribution in [0.4, 0.5) is 5.82 Å². The van der Waals surface area contributed by atoms with Gasteiger partial charge < -0.3 is 15.8 Å². The number of carbonyl (C=O) groups excluding carboxylic acids is 1. The number of nitrogens with two attached hydrogens (primary N) is 1. The average Bonchev–Trinajstić information content (AvgIpc) is 2.81. The zero-order valence-corrected chi connectivity index (χ0v) is 11.2. The monoisotopic (exact) mass is 266 g/mol. The molecule has 6 heteroatoms. The van der Waals surface area contributed by atoms with Crippen molar-refractivity contribution in [2.75, 3.05) is 18.9 Å². The van der Waals surface area contributed by atoms with E-state index in [1.807, 2.05) is 0 Å². The number of carbonyl (C=O) groups is 1. The Bertz CT molecular complexity index is 399. The summed E-state index contributed by atoms with van der Waals surface area (Å²) in [5.41, 5.74) is 5.47. The quantitative estimate of drug-likeness (QED) is 0.750. The number of aromatic nitrogens is 2. The number of hydrogen-bond acceptors (Lipinski definition) is 4. The van der Waals surface area contributed by atoms with Gasteiger partial charge in [0, 0.05) is 12.7 Å². The summed E-state index contributed by atoms with van der Waals surface area (Å²) in [6.07, 6.45) is 8.23. The van der Waals surface area contributed by atoms with E-state index in [9.17, 15) is 4.79 Å². The molecule has 1 aliphatic rings. The SMILES string of the molecule is Nc1ccn(CC(=O)NCCOC2CCCCC2)n1. The topological polar surface area (TPSA) is 82.2 Å². The largest absolute Gasteiger partial charge is 0.382 e. The van der Waals surface area contributed by atoms with Crippen molar-refractivity contribution in [3.8, 4) is 0 Å². The average molecular weight is 266 g/mol. The number of nitrogens with one attached hydrogen (secondary N) is 1. The molecule has 0 bridgehead atoms. The summed E-state index contributed by atoms with van der Waals surface area (Å²) in [5, 5.41) is 6.77. The van der Waals surface area contributed by atoms with E-state index in [-0.39, 0.29) is 12.5 Å². The zero-order valence-electron chi connectivity index (χ0n) is 11.2. The highest BCUT2D eigenvalue weighted by Gasteiger charge is 2.13. The van der Waals surface area contributed by atoms with E-state index in [1.165, 1.54) is 23.9 Å². The van der Waals surface area contributed by atoms with Gasteiger partial charge >= 0.3 is 0 Å². The van der Waals surface area contributed by atoms with Gasteiger partial charge in [-0.3, -0.25) is 9.48 Å². The van der Waals surface area contributed by atoms with Gasteiger partial charge in [-0.25, -0.2) is 0 Å². The molecule has 0 atom stereocenters. The Hall–Kier alpha value is -1.56. The minimum absolute atomic E-state index is 0.0738. The van der Waals surface area contributed by atoms with E-state index in [2.05, 4.69) is 10.4 Å². The van der Waals surface area contributed by atoms with Gasteiger partial charge in [0.15, 0.2) is 0 Å². The van der Waals surface area contributed by atoms with Crippen molar-refractivity contribution < 1.29 is 9.53 Å². The summed E-state index contributed by atoms with van der Waals surface area (Å²) in [7, 11) is 0. The molecule has 1 fully saturated rings. The number of amides is 1. The minimum atomic E-state index is -0.0738. The molecule has 1 heterocycles. The van der Waals surface area contributed by atoms with Crippen LogP contribution in [0.25, 0.3) is 0 Å². The van der Waals surface area contributed by atoms with E-state index in [1.54, 1.807) is 12.3 Å². The number of nitrogen functional groups attached to an aromatic ring is 1. The molecule has 6 nitrogen and oxygen atoms in total. The number of ether oxygens (including phenoxy) is 1. The molecule has 1 aromatic heterocycles. The van der Waals surface area contributed by atoms with Crippen molar-refractivity contribution in [1.82, 2.24) is 15.1 Å². The molecular weight excluding hydrogens is 244 g/mol. The molecule has 1 amide bonds. The van der Waals surface area contributed by atoms with E-state index >= 15 is 0 Å². The molecule has 3 N–H and O–H groups in total. The third kappa shape index (κ3) is 4.90. The van der Waals surface area contributed by atoms with Crippen molar-refractivity contribution in [1.29, 1.82) is 0 Å². The van der Waals surface area contributed by atoms with Crippen molar-refractivity contribution in [3.63, 3.8) is 0 Å². The normalized spacial score (nSPS) is 16.4. The van der Waals surface area contributed by atoms with Crippen LogP contribution in [0.3, 0.4) is 0 Å². The van der Waals surface area contributed by atoms with Crippen molar-refractivity contribution in [2.24, 2.45) is 0 Å². The summed E-state index contributed by atoms with van der Waals surface area (Å²) < 4.78 is 7.25. The van der Waals surface area contributed by atoms with E-state index in [4.69, 9.17) is 10.5 Å². The van der Waals surface area contributed by atoms with Gasteiger partial charge in [-0.05, 0) is 18.9 Å². The molecule has 1 saturated carbocycles. The third-order valence-electron chi connectivity index (χ3n) is 3.30. The van der Waals surface area contributed by atoms with Crippen LogP contribution in [0, 0.1) is 0 Å². The molecule has 0 spiro atoms. The molecule has 2 rings (SSSR count). The van der Waals surface area contributed by atoms with Crippen molar-refractivity contribution in [2.45, 2.75) is 44.8 Å². The highest BCUT2D eigenvalue weighted by molar-refractivity contribution is 5.75. The van der Waals surface area contributed by atoms with Crippen molar-refractivity contribution in [3.05, 3.63) is 12.3 Å². The lowest BCUT2D eigenvalue weighted by Crippen LogP contribution is -2.32. The van der Waals surface area contributed by atoms with Gasteiger partial charge in [-0.2, -0.15) is 5.10 Å². The van der Waals surface area contributed by atoms with E-state index < -0.39 is 0 Å². The first-order chi connectivity index (χ1) is 9.24. The minimum Gasteiger partial charge on any atom is -0.382 e. The molecule has 1 aliphatic carbocycles. The standard InChI is InChI=1S/C13H22N4O2/c14-12-6-8-17(16-12)10-13(18)15-7-9-19-11-4-2-1-3-5-11/h6,8,11H,1-5,7,9-10H2,(H2,14,16)(H,15,18). The van der Waals surface area contributed by atoms with Crippen LogP contribution in [0.15, 0.2) is 12.3 Å². The number of anilines is 1. The Balaban J connectivity index is 1.56. The van der Waals surface area contributed by atoms with Crippen LogP contribution in [-0.4, -0.2) is 34.9 Å². The Morgan fingerprint density at radius 2 is 2.26 bits per heavy atom. The molecular formula is C13H22N4O2. The Morgan fingerprint density at radius 3 is 2.95 bits per heavy atom. The summed E-state index contributed by atoms with van der Waals surface area (Å²) in [6.45, 7) is 1.32. The molecule has 0 aliphatic heterocycles. The second-order valence-corrected chi connectivity index (χ2v) is 4.92. The highest BCUT2D eigenvalue weighted by Crippen LogP contribution is 2.19. The van der Waals surface area contributed by atoms with Crippen LogP contribution >= 0.6 is 0 Å². The van der Waals surface area contributed by atoms with Gasteiger partial charge in [-0.15, -0.1) is 0 Å². The Kier molecular flexibility index (Phi) is 5.20. The molecule has 0 unspecified atom stereocenters. The Morgan fingerprint density at radius 1 is 1.47 bits per heavy atom. The third-order valence-corrected chi connectivity index (χ3v) is 3.30. The first-order valence-electron chi connectivity index (χ1n) is 6.91. The fourth-order valence-corrected chi connectivity index (χ4v) is 2.32. The maximum Gasteiger partial charge on any atom is 0.241 e. The van der Waals surface area contributed by atoms with Crippen LogP contribution < -0.4 is 11.1 Å². The molecule has 106 valence electrons. The van der Waals surface area contributed by atoms with Crippen LogP contribution in [0.2, 0.25) is 0 Å². The summed E-state index contributed by atoms with van der Waals surface area (Å²) in [4.78, 5) is 11.6. The van der Waals surface area contributed by atoms with Crippen LogP contribution in [0.1, 0.15) is 32.1 Å². The predicted molar refractivity (Wildman–Crippen MR) is 72.5 cm³/mol. The van der Waals surface area contributed by atoms with Gasteiger partial charge in [-0.1, -0.05) is 19.3 Å². The Labute approximate surface area is 113 Å². The van der Waals surface area contributed by atoms with Gasteiger partial charge in [0.05, 0.1) is 12.7 Å². The smallest absolute Gasteiger partial charge is 0.241 e. The van der Waals surface area contributed by atoms with E-state index in [0.717, 1.165) is 12.8 Å². The van der Waals surface area contributed by atoms with Gasteiger partial charge in [0.2, 0.25) is 5.91 Å². The molecule has 0 radical (unpaired) electrons. The molecule has 0 aromatic carbocycles. The fraction of sp³-hybridized carbons (Fsp3) is 0.692. The molecule has 19 heavy (non-hydrogen) atoms. The van der Waals surface area contributed by atoms with E-state index in [0.29, 0.717) is 25.1 Å². The number of rotatable bonds is 6. The first kappa shape index (κ1) is 13.9. The molecule has 1 aromatic rings. The second kappa shape index (κ2) is 7.13. The maximum absolute atomic E-state index is 11.6. The summed E-state index contributed by atoms with van der Waals surface area (Å²) in [6, 6.07) is 1.67. The zero-order chi connectivity index (χ0) is 13.5. The lowest BCUT2D eigenvalue weighted by molar-refractivity contribution is -0.122. The fourth-order valence-electron chi connectivity index (χ4n) is 2.32.